The van der Waals surface area contributed by atoms with Crippen LogP contribution < -0.4 is 10.7 Å². The number of carbonyl (C=O) groups is 1. The summed E-state index contributed by atoms with van der Waals surface area (Å²) >= 11 is 5.43. The quantitative estimate of drug-likeness (QED) is 0.306. The number of nitrogens with one attached hydrogen (secondary N) is 2. The number of anilines is 1. The minimum absolute atomic E-state index is 0.102. The molecule has 34 heavy (non-hydrogen) atoms. The Morgan fingerprint density at radius 2 is 1.85 bits per heavy atom. The number of ether oxygens (including phenoxy) is 1. The maximum atomic E-state index is 11.7. The minimum Gasteiger partial charge on any atom is -0.462 e. The van der Waals surface area contributed by atoms with Gasteiger partial charge in [0, 0.05) is 18.0 Å². The van der Waals surface area contributed by atoms with Crippen molar-refractivity contribution < 1.29 is 9.53 Å². The number of thiocarbonyl (C=S) groups is 1. The molecule has 3 fully saturated rings. The summed E-state index contributed by atoms with van der Waals surface area (Å²) in [5.41, 5.74) is 7.07. The van der Waals surface area contributed by atoms with Crippen LogP contribution in [0.3, 0.4) is 0 Å². The first-order chi connectivity index (χ1) is 16.3. The van der Waals surface area contributed by atoms with Crippen LogP contribution in [-0.4, -0.2) is 22.9 Å². The lowest BCUT2D eigenvalue weighted by Crippen LogP contribution is -2.51. The molecule has 0 bridgehead atoms. The fraction of sp³-hybridized carbons (Fsp3) is 0.607. The number of benzene rings is 1. The summed E-state index contributed by atoms with van der Waals surface area (Å²) in [5, 5.41) is 8.35. The van der Waals surface area contributed by atoms with Crippen molar-refractivity contribution in [2.75, 3.05) is 5.32 Å². The molecule has 0 heterocycles. The average molecular weight is 480 g/mol. The lowest BCUT2D eigenvalue weighted by Gasteiger charge is -2.58. The van der Waals surface area contributed by atoms with Crippen molar-refractivity contribution in [2.45, 2.75) is 78.2 Å². The number of hydrogen-bond acceptors (Lipinski definition) is 4. The van der Waals surface area contributed by atoms with Crippen LogP contribution in [0.1, 0.15) is 72.1 Å². The van der Waals surface area contributed by atoms with Crippen molar-refractivity contribution >= 4 is 34.7 Å². The van der Waals surface area contributed by atoms with E-state index in [1.807, 2.05) is 30.3 Å². The van der Waals surface area contributed by atoms with E-state index in [0.717, 1.165) is 48.9 Å². The fourth-order valence-corrected chi connectivity index (χ4v) is 7.97. The monoisotopic (exact) mass is 479 g/mol. The molecule has 0 unspecified atom stereocenters. The SMILES string of the molecule is CC(=O)O[C@H]1CC[C@H]2[C@@H]3CCC4=CC(=NNC(=S)Nc5ccccc5)CC[C@]4(C)[C@H]3CC[C@]12C. The molecule has 6 heteroatoms. The van der Waals surface area contributed by atoms with E-state index in [2.05, 4.69) is 35.8 Å². The highest BCUT2D eigenvalue weighted by atomic mass is 32.1. The van der Waals surface area contributed by atoms with Gasteiger partial charge in [-0.1, -0.05) is 37.6 Å². The van der Waals surface area contributed by atoms with E-state index in [1.54, 1.807) is 12.5 Å². The zero-order chi connectivity index (χ0) is 23.9. The van der Waals surface area contributed by atoms with Gasteiger partial charge in [-0.3, -0.25) is 10.2 Å². The number of hydrogen-bond donors (Lipinski definition) is 2. The van der Waals surface area contributed by atoms with Gasteiger partial charge in [-0.25, -0.2) is 0 Å². The molecule has 1 aromatic carbocycles. The molecule has 6 atom stereocenters. The summed E-state index contributed by atoms with van der Waals surface area (Å²) in [4.78, 5) is 11.7. The van der Waals surface area contributed by atoms with Crippen molar-refractivity contribution in [2.24, 2.45) is 33.7 Å². The summed E-state index contributed by atoms with van der Waals surface area (Å²) in [5.74, 6) is 2.01. The lowest BCUT2D eigenvalue weighted by atomic mass is 9.47. The predicted molar refractivity (Wildman–Crippen MR) is 140 cm³/mol. The van der Waals surface area contributed by atoms with Crippen LogP contribution in [0.15, 0.2) is 47.1 Å². The van der Waals surface area contributed by atoms with Crippen LogP contribution in [0.5, 0.6) is 0 Å². The smallest absolute Gasteiger partial charge is 0.302 e. The molecular weight excluding hydrogens is 442 g/mol. The summed E-state index contributed by atoms with van der Waals surface area (Å²) < 4.78 is 5.80. The Labute approximate surface area is 208 Å². The number of hydrazone groups is 1. The third-order valence-corrected chi connectivity index (χ3v) is 9.72. The molecule has 5 rings (SSSR count). The molecule has 0 saturated heterocycles. The number of rotatable bonds is 3. The van der Waals surface area contributed by atoms with E-state index < -0.39 is 0 Å². The zero-order valence-corrected chi connectivity index (χ0v) is 21.4. The van der Waals surface area contributed by atoms with Crippen LogP contribution in [0.25, 0.3) is 0 Å². The third-order valence-electron chi connectivity index (χ3n) is 9.53. The van der Waals surface area contributed by atoms with Gasteiger partial charge in [-0.05, 0) is 105 Å². The molecule has 0 spiro atoms. The number of carbonyl (C=O) groups excluding carboxylic acids is 1. The average Bonchev–Trinajstić information content (AvgIpc) is 3.14. The summed E-state index contributed by atoms with van der Waals surface area (Å²) in [6.45, 7) is 6.45. The van der Waals surface area contributed by atoms with Gasteiger partial charge in [0.05, 0.1) is 5.71 Å². The Morgan fingerprint density at radius 3 is 2.62 bits per heavy atom. The van der Waals surface area contributed by atoms with Crippen molar-refractivity contribution in [3.8, 4) is 0 Å². The van der Waals surface area contributed by atoms with E-state index in [1.165, 1.54) is 25.7 Å². The molecule has 4 aliphatic rings. The zero-order valence-electron chi connectivity index (χ0n) is 20.6. The van der Waals surface area contributed by atoms with Gasteiger partial charge < -0.3 is 10.1 Å². The van der Waals surface area contributed by atoms with Gasteiger partial charge in [-0.15, -0.1) is 0 Å². The Kier molecular flexibility index (Phi) is 6.30. The summed E-state index contributed by atoms with van der Waals surface area (Å²) in [6.07, 6.45) is 11.6. The van der Waals surface area contributed by atoms with E-state index in [-0.39, 0.29) is 22.9 Å². The van der Waals surface area contributed by atoms with Gasteiger partial charge in [0.25, 0.3) is 0 Å². The van der Waals surface area contributed by atoms with Gasteiger partial charge in [-0.2, -0.15) is 5.10 Å². The Balaban J connectivity index is 1.27. The van der Waals surface area contributed by atoms with Crippen molar-refractivity contribution in [1.29, 1.82) is 0 Å². The lowest BCUT2D eigenvalue weighted by molar-refractivity contribution is -0.157. The molecular formula is C28H37N3O2S. The molecule has 5 nitrogen and oxygen atoms in total. The topological polar surface area (TPSA) is 62.7 Å². The van der Waals surface area contributed by atoms with Crippen LogP contribution >= 0.6 is 12.2 Å². The maximum Gasteiger partial charge on any atom is 0.302 e. The Morgan fingerprint density at radius 1 is 1.06 bits per heavy atom. The van der Waals surface area contributed by atoms with Gasteiger partial charge in [0.2, 0.25) is 0 Å². The first-order valence-corrected chi connectivity index (χ1v) is 13.3. The molecule has 4 aliphatic carbocycles. The molecule has 182 valence electrons. The molecule has 0 amide bonds. The van der Waals surface area contributed by atoms with Crippen molar-refractivity contribution in [3.63, 3.8) is 0 Å². The van der Waals surface area contributed by atoms with E-state index >= 15 is 0 Å². The molecule has 0 aliphatic heterocycles. The van der Waals surface area contributed by atoms with Crippen molar-refractivity contribution in [3.05, 3.63) is 42.0 Å². The van der Waals surface area contributed by atoms with Crippen LogP contribution in [0, 0.1) is 28.6 Å². The first-order valence-electron chi connectivity index (χ1n) is 12.9. The van der Waals surface area contributed by atoms with Crippen LogP contribution in [0.4, 0.5) is 5.69 Å². The van der Waals surface area contributed by atoms with Crippen molar-refractivity contribution in [1.82, 2.24) is 5.43 Å². The molecule has 3 saturated carbocycles. The molecule has 0 radical (unpaired) electrons. The molecule has 1 aromatic rings. The minimum atomic E-state index is -0.124. The van der Waals surface area contributed by atoms with E-state index in [0.29, 0.717) is 11.0 Å². The summed E-state index contributed by atoms with van der Waals surface area (Å²) in [6, 6.07) is 9.92. The van der Waals surface area contributed by atoms with E-state index in [4.69, 9.17) is 17.0 Å². The predicted octanol–water partition coefficient (Wildman–Crippen LogP) is 6.22. The number of esters is 1. The first kappa shape index (κ1) is 23.5. The van der Waals surface area contributed by atoms with E-state index in [9.17, 15) is 4.79 Å². The molecule has 0 aromatic heterocycles. The largest absolute Gasteiger partial charge is 0.462 e. The second-order valence-corrected chi connectivity index (χ2v) is 11.7. The second kappa shape index (κ2) is 9.10. The number of nitrogens with zero attached hydrogens (tertiary/aromatic N) is 1. The fourth-order valence-electron chi connectivity index (χ4n) is 7.81. The van der Waals surface area contributed by atoms with Crippen LogP contribution in [0.2, 0.25) is 0 Å². The van der Waals surface area contributed by atoms with Crippen LogP contribution in [-0.2, 0) is 9.53 Å². The second-order valence-electron chi connectivity index (χ2n) is 11.3. The highest BCUT2D eigenvalue weighted by Gasteiger charge is 2.59. The highest BCUT2D eigenvalue weighted by Crippen LogP contribution is 2.65. The molecule has 2 N–H and O–H groups in total. The number of fused-ring (bicyclic) bond motifs is 5. The number of allylic oxidation sites excluding steroid dienone is 2. The Hall–Kier alpha value is -2.21. The van der Waals surface area contributed by atoms with Gasteiger partial charge in [0.15, 0.2) is 5.11 Å². The van der Waals surface area contributed by atoms with Gasteiger partial charge in [0.1, 0.15) is 6.10 Å². The summed E-state index contributed by atoms with van der Waals surface area (Å²) in [7, 11) is 0. The maximum absolute atomic E-state index is 11.7. The Bertz CT molecular complexity index is 1020. The highest BCUT2D eigenvalue weighted by molar-refractivity contribution is 7.80. The van der Waals surface area contributed by atoms with Gasteiger partial charge >= 0.3 is 5.97 Å². The third kappa shape index (κ3) is 4.19. The normalized spacial score (nSPS) is 37.6. The standard InChI is InChI=1S/C28H37N3O2S/c1-18(32)33-25-12-11-23-22-10-9-19-17-21(30-31-26(34)29-20-7-5-4-6-8-20)13-15-27(19,2)24(22)14-16-28(23,25)3/h4-8,17,22-25H,9-16H2,1-3H3,(H2,29,31,34)/t22-,23-,24-,25-,27-,28-/m0/s1. The number of para-hydroxylation sites is 1.